The van der Waals surface area contributed by atoms with E-state index in [2.05, 4.69) is 5.32 Å². The van der Waals surface area contributed by atoms with Crippen LogP contribution in [0.15, 0.2) is 77.7 Å². The van der Waals surface area contributed by atoms with Gasteiger partial charge in [0.2, 0.25) is 11.8 Å². The maximum absolute atomic E-state index is 14.0. The summed E-state index contributed by atoms with van der Waals surface area (Å²) in [6.45, 7) is 7.55. The van der Waals surface area contributed by atoms with Crippen molar-refractivity contribution in [3.8, 4) is 5.75 Å². The number of amides is 2. The highest BCUT2D eigenvalue weighted by molar-refractivity contribution is 7.92. The van der Waals surface area contributed by atoms with Crippen molar-refractivity contribution in [1.82, 2.24) is 10.2 Å². The number of carbonyl (C=O) groups excluding carboxylic acids is 2. The quantitative estimate of drug-likeness (QED) is 0.299. The number of hydrogen-bond acceptors (Lipinski definition) is 5. The number of nitrogens with one attached hydrogen (secondary N) is 1. The number of carbonyl (C=O) groups is 2. The van der Waals surface area contributed by atoms with Crippen LogP contribution in [0.5, 0.6) is 5.75 Å². The van der Waals surface area contributed by atoms with Gasteiger partial charge >= 0.3 is 0 Å². The Hall–Kier alpha value is -3.85. The number of rotatable bonds is 13. The minimum Gasteiger partial charge on any atom is -0.497 e. The third-order valence-corrected chi connectivity index (χ3v) is 8.45. The number of sulfonamides is 1. The summed E-state index contributed by atoms with van der Waals surface area (Å²) < 4.78 is 34.2. The largest absolute Gasteiger partial charge is 0.497 e. The van der Waals surface area contributed by atoms with E-state index in [1.807, 2.05) is 39.0 Å². The molecule has 9 heteroatoms. The number of anilines is 1. The molecule has 0 aliphatic heterocycles. The lowest BCUT2D eigenvalue weighted by Crippen LogP contribution is -2.51. The standard InChI is InChI=1S/C31H39N3O5S/c1-6-7-18-32-31(36)25(4)33(21-26-11-9-13-28(20-26)39-5)30(35)22-34(27-12-8-10-24(3)19-27)40(37,38)29-16-14-23(2)15-17-29/h8-17,19-20,25H,6-7,18,21-22H2,1-5H3,(H,32,36)/t25-/m1/s1. The van der Waals surface area contributed by atoms with Gasteiger partial charge in [-0.15, -0.1) is 0 Å². The predicted octanol–water partition coefficient (Wildman–Crippen LogP) is 4.84. The fourth-order valence-corrected chi connectivity index (χ4v) is 5.64. The molecule has 2 amide bonds. The topological polar surface area (TPSA) is 96.0 Å². The molecular weight excluding hydrogens is 526 g/mol. The van der Waals surface area contributed by atoms with Crippen LogP contribution in [-0.2, 0) is 26.2 Å². The molecule has 40 heavy (non-hydrogen) atoms. The molecular formula is C31H39N3O5S. The first-order chi connectivity index (χ1) is 19.1. The molecule has 3 rings (SSSR count). The molecule has 1 atom stereocenters. The van der Waals surface area contributed by atoms with Gasteiger partial charge in [-0.3, -0.25) is 13.9 Å². The van der Waals surface area contributed by atoms with E-state index < -0.39 is 28.5 Å². The molecule has 0 spiro atoms. The average Bonchev–Trinajstić information content (AvgIpc) is 2.94. The van der Waals surface area contributed by atoms with E-state index in [0.717, 1.165) is 33.8 Å². The van der Waals surface area contributed by atoms with E-state index in [0.29, 0.717) is 18.0 Å². The average molecular weight is 566 g/mol. The van der Waals surface area contributed by atoms with Gasteiger partial charge in [-0.05, 0) is 74.7 Å². The lowest BCUT2D eigenvalue weighted by molar-refractivity contribution is -0.139. The zero-order valence-electron chi connectivity index (χ0n) is 23.9. The van der Waals surface area contributed by atoms with Crippen LogP contribution in [-0.4, -0.2) is 51.4 Å². The third-order valence-electron chi connectivity index (χ3n) is 6.66. The number of methoxy groups -OCH3 is 1. The zero-order chi connectivity index (χ0) is 29.3. The minimum absolute atomic E-state index is 0.0807. The summed E-state index contributed by atoms with van der Waals surface area (Å²) in [7, 11) is -2.54. The number of hydrogen-bond donors (Lipinski definition) is 1. The Bertz CT molecular complexity index is 1410. The van der Waals surface area contributed by atoms with E-state index in [9.17, 15) is 18.0 Å². The SMILES string of the molecule is CCCCNC(=O)[C@@H](C)N(Cc1cccc(OC)c1)C(=O)CN(c1cccc(C)c1)S(=O)(=O)c1ccc(C)cc1. The predicted molar refractivity (Wildman–Crippen MR) is 158 cm³/mol. The first kappa shape index (κ1) is 30.7. The fourth-order valence-electron chi connectivity index (χ4n) is 4.24. The number of ether oxygens (including phenoxy) is 1. The van der Waals surface area contributed by atoms with Gasteiger partial charge in [0.15, 0.2) is 0 Å². The minimum atomic E-state index is -4.10. The van der Waals surface area contributed by atoms with Crippen molar-refractivity contribution in [3.05, 3.63) is 89.5 Å². The van der Waals surface area contributed by atoms with Gasteiger partial charge in [0.25, 0.3) is 10.0 Å². The molecule has 0 heterocycles. The summed E-state index contributed by atoms with van der Waals surface area (Å²) in [5, 5.41) is 2.89. The molecule has 0 unspecified atom stereocenters. The van der Waals surface area contributed by atoms with Crippen molar-refractivity contribution in [2.75, 3.05) is 24.5 Å². The van der Waals surface area contributed by atoms with Gasteiger partial charge in [0, 0.05) is 13.1 Å². The monoisotopic (exact) mass is 565 g/mol. The lowest BCUT2D eigenvalue weighted by atomic mass is 10.1. The summed E-state index contributed by atoms with van der Waals surface area (Å²) in [6.07, 6.45) is 1.74. The Labute approximate surface area is 238 Å². The van der Waals surface area contributed by atoms with E-state index in [-0.39, 0.29) is 17.3 Å². The van der Waals surface area contributed by atoms with Gasteiger partial charge in [0.05, 0.1) is 17.7 Å². The fraction of sp³-hybridized carbons (Fsp3) is 0.355. The highest BCUT2D eigenvalue weighted by Gasteiger charge is 2.32. The van der Waals surface area contributed by atoms with E-state index in [1.165, 1.54) is 17.0 Å². The van der Waals surface area contributed by atoms with Crippen LogP contribution in [0.25, 0.3) is 0 Å². The molecule has 0 aromatic heterocycles. The molecule has 0 fully saturated rings. The molecule has 1 N–H and O–H groups in total. The Balaban J connectivity index is 2.01. The van der Waals surface area contributed by atoms with E-state index in [4.69, 9.17) is 4.74 Å². The Morgan fingerprint density at radius 2 is 1.65 bits per heavy atom. The third kappa shape index (κ3) is 7.85. The molecule has 0 radical (unpaired) electrons. The molecule has 0 bridgehead atoms. The second-order valence-corrected chi connectivity index (χ2v) is 11.7. The van der Waals surface area contributed by atoms with Crippen molar-refractivity contribution in [2.45, 2.75) is 58.0 Å². The highest BCUT2D eigenvalue weighted by Crippen LogP contribution is 2.26. The van der Waals surface area contributed by atoms with Gasteiger partial charge in [-0.1, -0.05) is 55.3 Å². The van der Waals surface area contributed by atoms with Crippen LogP contribution >= 0.6 is 0 Å². The normalized spacial score (nSPS) is 11.9. The van der Waals surface area contributed by atoms with Crippen LogP contribution in [0.4, 0.5) is 5.69 Å². The van der Waals surface area contributed by atoms with Gasteiger partial charge in [-0.25, -0.2) is 8.42 Å². The Morgan fingerprint density at radius 3 is 2.30 bits per heavy atom. The summed E-state index contributed by atoms with van der Waals surface area (Å²) in [6, 6.07) is 19.9. The molecule has 8 nitrogen and oxygen atoms in total. The van der Waals surface area contributed by atoms with Crippen molar-refractivity contribution >= 4 is 27.5 Å². The van der Waals surface area contributed by atoms with Crippen molar-refractivity contribution in [3.63, 3.8) is 0 Å². The first-order valence-corrected chi connectivity index (χ1v) is 14.9. The maximum Gasteiger partial charge on any atom is 0.264 e. The molecule has 3 aromatic rings. The lowest BCUT2D eigenvalue weighted by Gasteiger charge is -2.32. The van der Waals surface area contributed by atoms with Crippen molar-refractivity contribution in [2.24, 2.45) is 0 Å². The summed E-state index contributed by atoms with van der Waals surface area (Å²) in [4.78, 5) is 28.6. The number of benzene rings is 3. The smallest absolute Gasteiger partial charge is 0.264 e. The first-order valence-electron chi connectivity index (χ1n) is 13.4. The van der Waals surface area contributed by atoms with Gasteiger partial charge < -0.3 is 15.0 Å². The number of nitrogens with zero attached hydrogens (tertiary/aromatic N) is 2. The van der Waals surface area contributed by atoms with Crippen molar-refractivity contribution < 1.29 is 22.7 Å². The van der Waals surface area contributed by atoms with Crippen LogP contribution in [0, 0.1) is 13.8 Å². The van der Waals surface area contributed by atoms with Crippen LogP contribution in [0.2, 0.25) is 0 Å². The van der Waals surface area contributed by atoms with Gasteiger partial charge in [-0.2, -0.15) is 0 Å². The highest BCUT2D eigenvalue weighted by atomic mass is 32.2. The summed E-state index contributed by atoms with van der Waals surface area (Å²) >= 11 is 0. The Morgan fingerprint density at radius 1 is 0.950 bits per heavy atom. The Kier molecular flexibility index (Phi) is 10.7. The molecule has 3 aromatic carbocycles. The molecule has 0 aliphatic carbocycles. The van der Waals surface area contributed by atoms with Crippen LogP contribution in [0.3, 0.4) is 0 Å². The second-order valence-electron chi connectivity index (χ2n) is 9.86. The van der Waals surface area contributed by atoms with Gasteiger partial charge in [0.1, 0.15) is 18.3 Å². The number of unbranched alkanes of at least 4 members (excludes halogenated alkanes) is 1. The summed E-state index contributed by atoms with van der Waals surface area (Å²) in [5.41, 5.74) is 2.90. The van der Waals surface area contributed by atoms with Crippen LogP contribution in [0.1, 0.15) is 43.4 Å². The van der Waals surface area contributed by atoms with Crippen LogP contribution < -0.4 is 14.4 Å². The van der Waals surface area contributed by atoms with E-state index >= 15 is 0 Å². The zero-order valence-corrected chi connectivity index (χ0v) is 24.7. The molecule has 214 valence electrons. The maximum atomic E-state index is 14.0. The second kappa shape index (κ2) is 14.0. The molecule has 0 aliphatic rings. The number of aryl methyl sites for hydroxylation is 2. The van der Waals surface area contributed by atoms with E-state index in [1.54, 1.807) is 56.5 Å². The molecule has 0 saturated carbocycles. The molecule has 0 saturated heterocycles. The van der Waals surface area contributed by atoms with Crippen molar-refractivity contribution in [1.29, 1.82) is 0 Å². The summed E-state index contributed by atoms with van der Waals surface area (Å²) in [5.74, 6) is -0.181.